The zero-order chi connectivity index (χ0) is 14.7. The van der Waals surface area contributed by atoms with Gasteiger partial charge in [-0.25, -0.2) is 0 Å². The Bertz CT molecular complexity index is 685. The molecule has 0 spiro atoms. The molecule has 2 aromatic rings. The lowest BCUT2D eigenvalue weighted by atomic mass is 10.1. The second kappa shape index (κ2) is 5.63. The molecule has 0 bridgehead atoms. The molecule has 20 heavy (non-hydrogen) atoms. The highest BCUT2D eigenvalue weighted by atomic mass is 32.1. The van der Waals surface area contributed by atoms with Crippen molar-refractivity contribution in [2.75, 3.05) is 30.0 Å². The quantitative estimate of drug-likeness (QED) is 0.849. The third kappa shape index (κ3) is 2.73. The average molecular weight is 286 g/mol. The molecule has 0 aliphatic carbocycles. The number of anilines is 3. The fourth-order valence-corrected chi connectivity index (χ4v) is 2.50. The van der Waals surface area contributed by atoms with Gasteiger partial charge >= 0.3 is 0 Å². The molecule has 0 aliphatic heterocycles. The summed E-state index contributed by atoms with van der Waals surface area (Å²) in [6.45, 7) is 0. The van der Waals surface area contributed by atoms with Gasteiger partial charge in [-0.15, -0.1) is 11.3 Å². The first-order chi connectivity index (χ1) is 9.52. The van der Waals surface area contributed by atoms with Crippen LogP contribution in [0.15, 0.2) is 29.6 Å². The molecule has 1 heterocycles. The Balaban J connectivity index is 2.22. The van der Waals surface area contributed by atoms with Crippen LogP contribution < -0.4 is 16.0 Å². The Morgan fingerprint density at radius 1 is 1.40 bits per heavy atom. The monoisotopic (exact) mass is 286 g/mol. The van der Waals surface area contributed by atoms with Crippen molar-refractivity contribution < 1.29 is 4.79 Å². The lowest BCUT2D eigenvalue weighted by molar-refractivity contribution is 0.102. The van der Waals surface area contributed by atoms with Gasteiger partial charge in [0.2, 0.25) is 0 Å². The molecule has 6 heteroatoms. The zero-order valence-corrected chi connectivity index (χ0v) is 12.0. The van der Waals surface area contributed by atoms with E-state index in [1.165, 1.54) is 11.3 Å². The smallest absolute Gasteiger partial charge is 0.256 e. The van der Waals surface area contributed by atoms with Crippen LogP contribution >= 0.6 is 11.3 Å². The molecule has 0 saturated heterocycles. The highest BCUT2D eigenvalue weighted by Crippen LogP contribution is 2.25. The third-order valence-electron chi connectivity index (χ3n) is 2.78. The predicted molar refractivity (Wildman–Crippen MR) is 82.2 cm³/mol. The molecule has 1 aromatic heterocycles. The Labute approximate surface area is 121 Å². The van der Waals surface area contributed by atoms with E-state index in [1.54, 1.807) is 29.6 Å². The third-order valence-corrected chi connectivity index (χ3v) is 3.61. The van der Waals surface area contributed by atoms with Crippen LogP contribution in [-0.2, 0) is 0 Å². The first-order valence-electron chi connectivity index (χ1n) is 5.88. The highest BCUT2D eigenvalue weighted by Gasteiger charge is 2.12. The molecule has 2 rings (SSSR count). The average Bonchev–Trinajstić information content (AvgIpc) is 2.85. The van der Waals surface area contributed by atoms with E-state index in [0.29, 0.717) is 21.8 Å². The minimum atomic E-state index is -0.277. The van der Waals surface area contributed by atoms with Crippen LogP contribution in [0.1, 0.15) is 15.9 Å². The number of rotatable bonds is 3. The van der Waals surface area contributed by atoms with E-state index in [2.05, 4.69) is 5.32 Å². The first kappa shape index (κ1) is 13.9. The molecule has 0 atom stereocenters. The van der Waals surface area contributed by atoms with E-state index in [9.17, 15) is 4.79 Å². The van der Waals surface area contributed by atoms with Crippen LogP contribution in [0.25, 0.3) is 0 Å². The van der Waals surface area contributed by atoms with Gasteiger partial charge in [-0.05, 0) is 29.6 Å². The van der Waals surface area contributed by atoms with Crippen LogP contribution in [0.2, 0.25) is 0 Å². The maximum Gasteiger partial charge on any atom is 0.256 e. The first-order valence-corrected chi connectivity index (χ1v) is 6.76. The SMILES string of the molecule is CN(C)c1ccc(C(=O)Nc2sccc2C#N)cc1N. The number of nitriles is 1. The fourth-order valence-electron chi connectivity index (χ4n) is 1.77. The van der Waals surface area contributed by atoms with Gasteiger partial charge in [0.25, 0.3) is 5.91 Å². The van der Waals surface area contributed by atoms with E-state index in [-0.39, 0.29) is 5.91 Å². The van der Waals surface area contributed by atoms with Gasteiger partial charge in [-0.2, -0.15) is 5.26 Å². The molecule has 0 saturated carbocycles. The van der Waals surface area contributed by atoms with Gasteiger partial charge in [-0.3, -0.25) is 4.79 Å². The number of nitrogens with one attached hydrogen (secondary N) is 1. The van der Waals surface area contributed by atoms with Crippen molar-refractivity contribution in [3.8, 4) is 6.07 Å². The summed E-state index contributed by atoms with van der Waals surface area (Å²) in [6, 6.07) is 8.84. The predicted octanol–water partition coefficient (Wildman–Crippen LogP) is 2.52. The number of carbonyl (C=O) groups is 1. The summed E-state index contributed by atoms with van der Waals surface area (Å²) in [4.78, 5) is 14.0. The van der Waals surface area contributed by atoms with E-state index in [4.69, 9.17) is 11.0 Å². The summed E-state index contributed by atoms with van der Waals surface area (Å²) in [5.74, 6) is -0.277. The molecule has 102 valence electrons. The number of nitrogens with zero attached hydrogens (tertiary/aromatic N) is 2. The van der Waals surface area contributed by atoms with Crippen LogP contribution in [0.5, 0.6) is 0 Å². The standard InChI is InChI=1S/C14H14N4OS/c1-18(2)12-4-3-9(7-11(12)16)13(19)17-14-10(8-15)5-6-20-14/h3-7H,16H2,1-2H3,(H,17,19). The summed E-state index contributed by atoms with van der Waals surface area (Å²) in [6.07, 6.45) is 0. The van der Waals surface area contributed by atoms with E-state index in [0.717, 1.165) is 5.69 Å². The van der Waals surface area contributed by atoms with Crippen LogP contribution in [0.4, 0.5) is 16.4 Å². The second-order valence-electron chi connectivity index (χ2n) is 4.40. The van der Waals surface area contributed by atoms with Crippen LogP contribution in [0.3, 0.4) is 0 Å². The zero-order valence-electron chi connectivity index (χ0n) is 11.2. The summed E-state index contributed by atoms with van der Waals surface area (Å²) < 4.78 is 0. The van der Waals surface area contributed by atoms with Gasteiger partial charge in [0.1, 0.15) is 11.1 Å². The van der Waals surface area contributed by atoms with E-state index >= 15 is 0 Å². The number of carbonyl (C=O) groups excluding carboxylic acids is 1. The van der Waals surface area contributed by atoms with Crippen LogP contribution in [-0.4, -0.2) is 20.0 Å². The molecule has 0 aliphatic rings. The molecule has 0 radical (unpaired) electrons. The highest BCUT2D eigenvalue weighted by molar-refractivity contribution is 7.14. The Morgan fingerprint density at radius 3 is 2.75 bits per heavy atom. The number of nitrogens with two attached hydrogens (primary N) is 1. The second-order valence-corrected chi connectivity index (χ2v) is 5.31. The summed E-state index contributed by atoms with van der Waals surface area (Å²) in [5, 5.41) is 13.9. The summed E-state index contributed by atoms with van der Waals surface area (Å²) in [7, 11) is 3.77. The molecular formula is C14H14N4OS. The minimum absolute atomic E-state index is 0.277. The van der Waals surface area contributed by atoms with E-state index in [1.807, 2.05) is 25.1 Å². The van der Waals surface area contributed by atoms with Crippen molar-refractivity contribution in [2.45, 2.75) is 0 Å². The fraction of sp³-hybridized carbons (Fsp3) is 0.143. The molecule has 3 N–H and O–H groups in total. The number of hydrogen-bond donors (Lipinski definition) is 2. The van der Waals surface area contributed by atoms with Crippen molar-refractivity contribution in [2.24, 2.45) is 0 Å². The van der Waals surface area contributed by atoms with Crippen molar-refractivity contribution in [3.05, 3.63) is 40.8 Å². The maximum absolute atomic E-state index is 12.1. The van der Waals surface area contributed by atoms with Crippen molar-refractivity contribution in [3.63, 3.8) is 0 Å². The van der Waals surface area contributed by atoms with Gasteiger partial charge in [0.15, 0.2) is 0 Å². The normalized spacial score (nSPS) is 9.85. The Morgan fingerprint density at radius 2 is 2.15 bits per heavy atom. The van der Waals surface area contributed by atoms with Gasteiger partial charge in [0.05, 0.1) is 16.9 Å². The lowest BCUT2D eigenvalue weighted by Gasteiger charge is -2.15. The topological polar surface area (TPSA) is 82.2 Å². The summed E-state index contributed by atoms with van der Waals surface area (Å²) >= 11 is 1.32. The van der Waals surface area contributed by atoms with Crippen molar-refractivity contribution >= 4 is 33.6 Å². The van der Waals surface area contributed by atoms with Gasteiger partial charge < -0.3 is 16.0 Å². The number of nitrogen functional groups attached to an aromatic ring is 1. The minimum Gasteiger partial charge on any atom is -0.397 e. The van der Waals surface area contributed by atoms with Crippen molar-refractivity contribution in [1.29, 1.82) is 5.26 Å². The molecule has 5 nitrogen and oxygen atoms in total. The lowest BCUT2D eigenvalue weighted by Crippen LogP contribution is -2.14. The Kier molecular flexibility index (Phi) is 3.91. The molecule has 1 amide bonds. The molecule has 1 aromatic carbocycles. The number of hydrogen-bond acceptors (Lipinski definition) is 5. The molecular weight excluding hydrogens is 272 g/mol. The summed E-state index contributed by atoms with van der Waals surface area (Å²) in [5.41, 5.74) is 8.23. The number of amides is 1. The maximum atomic E-state index is 12.1. The van der Waals surface area contributed by atoms with Gasteiger partial charge in [0, 0.05) is 19.7 Å². The number of benzene rings is 1. The van der Waals surface area contributed by atoms with Crippen LogP contribution in [0, 0.1) is 11.3 Å². The number of thiophene rings is 1. The van der Waals surface area contributed by atoms with Crippen molar-refractivity contribution in [1.82, 2.24) is 0 Å². The Hall–Kier alpha value is -2.52. The molecule has 0 fully saturated rings. The van der Waals surface area contributed by atoms with Gasteiger partial charge in [-0.1, -0.05) is 0 Å². The molecule has 0 unspecified atom stereocenters. The van der Waals surface area contributed by atoms with E-state index < -0.39 is 0 Å². The largest absolute Gasteiger partial charge is 0.397 e.